The Bertz CT molecular complexity index is 615. The molecule has 0 bridgehead atoms. The summed E-state index contributed by atoms with van der Waals surface area (Å²) in [6, 6.07) is 15.2. The van der Waals surface area contributed by atoms with Crippen LogP contribution in [0.25, 0.3) is 6.08 Å². The maximum Gasteiger partial charge on any atom is 0.248 e. The first-order chi connectivity index (χ1) is 9.67. The first-order valence-electron chi connectivity index (χ1n) is 6.37. The van der Waals surface area contributed by atoms with Crippen molar-refractivity contribution in [1.82, 2.24) is 0 Å². The van der Waals surface area contributed by atoms with Crippen LogP contribution in [0.5, 0.6) is 5.75 Å². The van der Waals surface area contributed by atoms with Crippen LogP contribution in [0.15, 0.2) is 54.6 Å². The van der Waals surface area contributed by atoms with E-state index in [-0.39, 0.29) is 5.91 Å². The van der Waals surface area contributed by atoms with Gasteiger partial charge in [-0.2, -0.15) is 0 Å². The summed E-state index contributed by atoms with van der Waals surface area (Å²) in [7, 11) is 1.62. The van der Waals surface area contributed by atoms with E-state index in [0.717, 1.165) is 22.6 Å². The Morgan fingerprint density at radius 3 is 2.60 bits per heavy atom. The van der Waals surface area contributed by atoms with Gasteiger partial charge < -0.3 is 10.1 Å². The van der Waals surface area contributed by atoms with Gasteiger partial charge in [-0.1, -0.05) is 29.8 Å². The minimum atomic E-state index is -0.156. The summed E-state index contributed by atoms with van der Waals surface area (Å²) < 4.78 is 5.13. The van der Waals surface area contributed by atoms with Crippen LogP contribution in [0.2, 0.25) is 0 Å². The molecule has 0 unspecified atom stereocenters. The minimum absolute atomic E-state index is 0.156. The van der Waals surface area contributed by atoms with Crippen LogP contribution in [0.4, 0.5) is 5.69 Å². The summed E-state index contributed by atoms with van der Waals surface area (Å²) in [5.41, 5.74) is 2.87. The van der Waals surface area contributed by atoms with Crippen LogP contribution in [0, 0.1) is 6.92 Å². The summed E-state index contributed by atoms with van der Waals surface area (Å²) in [6.07, 6.45) is 3.26. The summed E-state index contributed by atoms with van der Waals surface area (Å²) in [5, 5.41) is 2.81. The van der Waals surface area contributed by atoms with Gasteiger partial charge in [0.05, 0.1) is 7.11 Å². The lowest BCUT2D eigenvalue weighted by Crippen LogP contribution is -2.07. The largest absolute Gasteiger partial charge is 0.497 e. The predicted octanol–water partition coefficient (Wildman–Crippen LogP) is 3.66. The van der Waals surface area contributed by atoms with Crippen molar-refractivity contribution >= 4 is 17.7 Å². The molecule has 0 aliphatic heterocycles. The zero-order valence-corrected chi connectivity index (χ0v) is 11.6. The molecular weight excluding hydrogens is 250 g/mol. The van der Waals surface area contributed by atoms with Gasteiger partial charge in [0.2, 0.25) is 5.91 Å². The number of methoxy groups -OCH3 is 1. The molecule has 0 atom stereocenters. The fourth-order valence-electron chi connectivity index (χ4n) is 1.74. The second kappa shape index (κ2) is 6.57. The molecule has 2 aromatic rings. The Hall–Kier alpha value is -2.55. The monoisotopic (exact) mass is 267 g/mol. The van der Waals surface area contributed by atoms with Gasteiger partial charge in [-0.05, 0) is 42.8 Å². The van der Waals surface area contributed by atoms with Gasteiger partial charge in [-0.15, -0.1) is 0 Å². The molecule has 1 amide bonds. The van der Waals surface area contributed by atoms with Gasteiger partial charge in [0.15, 0.2) is 0 Å². The molecule has 0 fully saturated rings. The normalized spacial score (nSPS) is 10.5. The quantitative estimate of drug-likeness (QED) is 0.859. The highest BCUT2D eigenvalue weighted by molar-refractivity contribution is 6.01. The highest BCUT2D eigenvalue weighted by Gasteiger charge is 1.98. The van der Waals surface area contributed by atoms with Crippen LogP contribution in [-0.4, -0.2) is 13.0 Å². The number of ether oxygens (including phenoxy) is 1. The third-order valence-corrected chi connectivity index (χ3v) is 2.84. The molecular formula is C17H17NO2. The second-order valence-corrected chi connectivity index (χ2v) is 4.47. The van der Waals surface area contributed by atoms with E-state index >= 15 is 0 Å². The van der Waals surface area contributed by atoms with Crippen LogP contribution in [0.3, 0.4) is 0 Å². The molecule has 3 heteroatoms. The van der Waals surface area contributed by atoms with E-state index in [2.05, 4.69) is 5.32 Å². The average molecular weight is 267 g/mol. The summed E-state index contributed by atoms with van der Waals surface area (Å²) in [4.78, 5) is 11.8. The minimum Gasteiger partial charge on any atom is -0.497 e. The molecule has 1 N–H and O–H groups in total. The number of amides is 1. The van der Waals surface area contributed by atoms with Crippen LogP contribution in [-0.2, 0) is 4.79 Å². The molecule has 0 saturated heterocycles. The van der Waals surface area contributed by atoms with E-state index in [4.69, 9.17) is 4.74 Å². The summed E-state index contributed by atoms with van der Waals surface area (Å²) >= 11 is 0. The molecule has 20 heavy (non-hydrogen) atoms. The number of aryl methyl sites for hydroxylation is 1. The van der Waals surface area contributed by atoms with Crippen LogP contribution < -0.4 is 10.1 Å². The average Bonchev–Trinajstić information content (AvgIpc) is 2.48. The maximum absolute atomic E-state index is 11.8. The summed E-state index contributed by atoms with van der Waals surface area (Å²) in [5.74, 6) is 0.614. The maximum atomic E-state index is 11.8. The van der Waals surface area contributed by atoms with Crippen LogP contribution in [0.1, 0.15) is 11.1 Å². The third kappa shape index (κ3) is 3.99. The molecule has 2 aromatic carbocycles. The topological polar surface area (TPSA) is 38.3 Å². The molecule has 0 aliphatic carbocycles. The van der Waals surface area contributed by atoms with Gasteiger partial charge in [0.1, 0.15) is 5.75 Å². The van der Waals surface area contributed by atoms with E-state index in [1.807, 2.05) is 55.5 Å². The fraction of sp³-hybridized carbons (Fsp3) is 0.118. The van der Waals surface area contributed by atoms with Gasteiger partial charge in [-0.25, -0.2) is 0 Å². The van der Waals surface area contributed by atoms with Gasteiger partial charge >= 0.3 is 0 Å². The highest BCUT2D eigenvalue weighted by Crippen LogP contribution is 2.14. The molecule has 0 saturated carbocycles. The molecule has 0 aromatic heterocycles. The van der Waals surface area contributed by atoms with Crippen molar-refractivity contribution < 1.29 is 9.53 Å². The van der Waals surface area contributed by atoms with E-state index in [9.17, 15) is 4.79 Å². The lowest BCUT2D eigenvalue weighted by Gasteiger charge is -2.02. The fourth-order valence-corrected chi connectivity index (χ4v) is 1.74. The van der Waals surface area contributed by atoms with E-state index < -0.39 is 0 Å². The van der Waals surface area contributed by atoms with Crippen molar-refractivity contribution in [3.8, 4) is 5.75 Å². The Labute approximate surface area is 118 Å². The Morgan fingerprint density at radius 2 is 1.90 bits per heavy atom. The van der Waals surface area contributed by atoms with Crippen molar-refractivity contribution in [2.45, 2.75) is 6.92 Å². The molecule has 0 heterocycles. The molecule has 0 radical (unpaired) electrons. The number of anilines is 1. The number of rotatable bonds is 4. The highest BCUT2D eigenvalue weighted by atomic mass is 16.5. The SMILES string of the molecule is COc1cccc(C=CC(=O)Nc2ccc(C)cc2)c1. The van der Waals surface area contributed by atoms with Crippen molar-refractivity contribution in [1.29, 1.82) is 0 Å². The Kier molecular flexibility index (Phi) is 4.56. The molecule has 0 spiro atoms. The number of nitrogens with one attached hydrogen (secondary N) is 1. The first kappa shape index (κ1) is 13.9. The molecule has 3 nitrogen and oxygen atoms in total. The molecule has 2 rings (SSSR count). The Balaban J connectivity index is 1.99. The first-order valence-corrected chi connectivity index (χ1v) is 6.37. The van der Waals surface area contributed by atoms with Gasteiger partial charge in [-0.3, -0.25) is 4.79 Å². The number of carbonyl (C=O) groups is 1. The lowest BCUT2D eigenvalue weighted by atomic mass is 10.2. The molecule has 0 aliphatic rings. The predicted molar refractivity (Wildman–Crippen MR) is 81.8 cm³/mol. The number of hydrogen-bond donors (Lipinski definition) is 1. The standard InChI is InChI=1S/C17H17NO2/c1-13-6-9-15(10-7-13)18-17(19)11-8-14-4-3-5-16(12-14)20-2/h3-12H,1-2H3,(H,18,19). The van der Waals surface area contributed by atoms with E-state index in [1.165, 1.54) is 6.08 Å². The van der Waals surface area contributed by atoms with Crippen molar-refractivity contribution in [3.05, 3.63) is 65.7 Å². The van der Waals surface area contributed by atoms with E-state index in [0.29, 0.717) is 0 Å². The van der Waals surface area contributed by atoms with Crippen molar-refractivity contribution in [3.63, 3.8) is 0 Å². The van der Waals surface area contributed by atoms with Crippen LogP contribution >= 0.6 is 0 Å². The number of carbonyl (C=O) groups excluding carboxylic acids is 1. The van der Waals surface area contributed by atoms with E-state index in [1.54, 1.807) is 13.2 Å². The summed E-state index contributed by atoms with van der Waals surface area (Å²) in [6.45, 7) is 2.01. The zero-order chi connectivity index (χ0) is 14.4. The zero-order valence-electron chi connectivity index (χ0n) is 11.6. The smallest absolute Gasteiger partial charge is 0.248 e. The third-order valence-electron chi connectivity index (χ3n) is 2.84. The van der Waals surface area contributed by atoms with Gasteiger partial charge in [0.25, 0.3) is 0 Å². The molecule has 102 valence electrons. The second-order valence-electron chi connectivity index (χ2n) is 4.47. The number of benzene rings is 2. The van der Waals surface area contributed by atoms with Crippen molar-refractivity contribution in [2.24, 2.45) is 0 Å². The Morgan fingerprint density at radius 1 is 1.15 bits per heavy atom. The number of hydrogen-bond acceptors (Lipinski definition) is 2. The van der Waals surface area contributed by atoms with Crippen molar-refractivity contribution in [2.75, 3.05) is 12.4 Å². The van der Waals surface area contributed by atoms with Gasteiger partial charge in [0, 0.05) is 11.8 Å². The lowest BCUT2D eigenvalue weighted by molar-refractivity contribution is -0.111.